The van der Waals surface area contributed by atoms with Gasteiger partial charge in [-0.1, -0.05) is 53.8 Å². The Kier molecular flexibility index (Phi) is 6.67. The fourth-order valence-corrected chi connectivity index (χ4v) is 5.62. The van der Waals surface area contributed by atoms with Crippen LogP contribution in [0.25, 0.3) is 16.8 Å². The van der Waals surface area contributed by atoms with Crippen LogP contribution in [-0.2, 0) is 9.53 Å². The minimum absolute atomic E-state index is 0.0796. The van der Waals surface area contributed by atoms with Crippen molar-refractivity contribution >= 4 is 34.2 Å². The number of thiazole rings is 1. The molecule has 1 aliphatic heterocycles. The van der Waals surface area contributed by atoms with Crippen LogP contribution < -0.4 is 19.6 Å². The number of hydrogen-bond donors (Lipinski definition) is 1. The number of fused-ring (bicyclic) bond motifs is 2. The predicted octanol–water partition coefficient (Wildman–Crippen LogP) is 4.06. The lowest BCUT2D eigenvalue weighted by molar-refractivity contribution is -0.139. The van der Waals surface area contributed by atoms with Crippen LogP contribution in [0.2, 0.25) is 0 Å². The Bertz CT molecular complexity index is 1710. The first kappa shape index (κ1) is 24.5. The Balaban J connectivity index is 1.74. The second-order valence-electron chi connectivity index (χ2n) is 8.52. The summed E-state index contributed by atoms with van der Waals surface area (Å²) in [6.07, 6.45) is 1.69. The highest BCUT2D eigenvalue weighted by Gasteiger charge is 2.33. The third-order valence-corrected chi connectivity index (χ3v) is 7.23. The Labute approximate surface area is 217 Å². The van der Waals surface area contributed by atoms with E-state index in [-0.39, 0.29) is 17.9 Å². The molecule has 0 aliphatic carbocycles. The largest absolute Gasteiger partial charge is 0.507 e. The van der Waals surface area contributed by atoms with Crippen LogP contribution >= 0.6 is 11.3 Å². The summed E-state index contributed by atoms with van der Waals surface area (Å²) in [5.74, 6) is 0.267. The lowest BCUT2D eigenvalue weighted by Crippen LogP contribution is -2.39. The number of ether oxygens (including phenoxy) is 2. The number of benzene rings is 3. The normalized spacial score (nSPS) is 15.4. The number of phenols is 1. The molecule has 1 atom stereocenters. The van der Waals surface area contributed by atoms with Gasteiger partial charge in [-0.3, -0.25) is 9.36 Å². The molecule has 1 N–H and O–H groups in total. The van der Waals surface area contributed by atoms with Gasteiger partial charge in [-0.15, -0.1) is 0 Å². The van der Waals surface area contributed by atoms with Gasteiger partial charge in [0.2, 0.25) is 0 Å². The maximum absolute atomic E-state index is 13.9. The van der Waals surface area contributed by atoms with Crippen molar-refractivity contribution in [3.63, 3.8) is 0 Å². The van der Waals surface area contributed by atoms with Gasteiger partial charge >= 0.3 is 5.97 Å². The molecule has 3 aromatic carbocycles. The maximum Gasteiger partial charge on any atom is 0.338 e. The van der Waals surface area contributed by atoms with E-state index in [1.165, 1.54) is 15.9 Å². The zero-order chi connectivity index (χ0) is 26.1. The molecule has 0 unspecified atom stereocenters. The molecule has 0 amide bonds. The molecule has 188 valence electrons. The Hall–Kier alpha value is -4.17. The van der Waals surface area contributed by atoms with Gasteiger partial charge in [0, 0.05) is 5.56 Å². The number of phenolic OH excluding ortho intramolecular Hbond substituents is 1. The second-order valence-corrected chi connectivity index (χ2v) is 9.53. The van der Waals surface area contributed by atoms with Crippen molar-refractivity contribution in [2.75, 3.05) is 13.2 Å². The minimum atomic E-state index is -0.714. The number of carbonyl (C=O) groups excluding carboxylic acids is 1. The minimum Gasteiger partial charge on any atom is -0.507 e. The van der Waals surface area contributed by atoms with Crippen LogP contribution in [0.5, 0.6) is 11.5 Å². The Morgan fingerprint density at radius 2 is 1.84 bits per heavy atom. The van der Waals surface area contributed by atoms with Crippen molar-refractivity contribution in [3.8, 4) is 11.5 Å². The van der Waals surface area contributed by atoms with Crippen LogP contribution in [0, 0.1) is 0 Å². The molecule has 7 nitrogen and oxygen atoms in total. The highest BCUT2D eigenvalue weighted by Crippen LogP contribution is 2.32. The van der Waals surface area contributed by atoms with Gasteiger partial charge in [-0.2, -0.15) is 0 Å². The number of aromatic hydroxyl groups is 1. The number of carbonyl (C=O) groups is 1. The van der Waals surface area contributed by atoms with Crippen LogP contribution in [0.15, 0.2) is 81.7 Å². The van der Waals surface area contributed by atoms with Crippen molar-refractivity contribution in [2.24, 2.45) is 4.99 Å². The summed E-state index contributed by atoms with van der Waals surface area (Å²) < 4.78 is 12.9. The zero-order valence-electron chi connectivity index (χ0n) is 20.7. The molecule has 5 rings (SSSR count). The molecule has 4 aromatic rings. The van der Waals surface area contributed by atoms with E-state index in [9.17, 15) is 14.7 Å². The smallest absolute Gasteiger partial charge is 0.338 e. The molecule has 1 aromatic heterocycles. The average Bonchev–Trinajstić information content (AvgIpc) is 3.20. The molecule has 0 fully saturated rings. The number of esters is 1. The highest BCUT2D eigenvalue weighted by atomic mass is 32.1. The summed E-state index contributed by atoms with van der Waals surface area (Å²) in [6, 6.07) is 17.8. The molecule has 8 heteroatoms. The van der Waals surface area contributed by atoms with Gasteiger partial charge in [0.05, 0.1) is 35.1 Å². The maximum atomic E-state index is 13.9. The Morgan fingerprint density at radius 1 is 1.08 bits per heavy atom. The van der Waals surface area contributed by atoms with E-state index in [4.69, 9.17) is 9.47 Å². The first-order chi connectivity index (χ1) is 17.9. The molecule has 0 bridgehead atoms. The van der Waals surface area contributed by atoms with E-state index in [1.54, 1.807) is 26.0 Å². The number of nitrogens with zero attached hydrogens (tertiary/aromatic N) is 2. The summed E-state index contributed by atoms with van der Waals surface area (Å²) in [4.78, 5) is 32.0. The first-order valence-electron chi connectivity index (χ1n) is 12.1. The summed E-state index contributed by atoms with van der Waals surface area (Å²) in [6.45, 7) is 6.14. The molecular weight excluding hydrogens is 488 g/mol. The quantitative estimate of drug-likeness (QED) is 0.392. The predicted molar refractivity (Wildman–Crippen MR) is 144 cm³/mol. The van der Waals surface area contributed by atoms with Crippen molar-refractivity contribution in [3.05, 3.63) is 103 Å². The van der Waals surface area contributed by atoms with E-state index in [0.717, 1.165) is 16.3 Å². The van der Waals surface area contributed by atoms with Gasteiger partial charge in [0.1, 0.15) is 11.5 Å². The van der Waals surface area contributed by atoms with Gasteiger partial charge < -0.3 is 14.6 Å². The fraction of sp³-hybridized carbons (Fsp3) is 0.207. The number of hydrogen-bond acceptors (Lipinski definition) is 7. The number of rotatable bonds is 6. The third-order valence-electron chi connectivity index (χ3n) is 6.25. The lowest BCUT2D eigenvalue weighted by atomic mass is 9.96. The molecule has 0 saturated carbocycles. The average molecular weight is 515 g/mol. The standard InChI is InChI=1S/C29H26N2O5S/c1-4-35-20-13-10-19(11-14-20)26-25(28(34)36-5-2)17(3)30-29-31(26)27(33)24(37-29)16-22-21-9-7-6-8-18(21)12-15-23(22)32/h6-16,26,32H,4-5H2,1-3H3/b24-16-/t26-/m0/s1. The molecule has 1 aliphatic rings. The summed E-state index contributed by atoms with van der Waals surface area (Å²) >= 11 is 1.22. The van der Waals surface area contributed by atoms with Gasteiger partial charge in [0.25, 0.3) is 5.56 Å². The topological polar surface area (TPSA) is 90.1 Å². The summed E-state index contributed by atoms with van der Waals surface area (Å²) in [5.41, 5.74) is 1.81. The first-order valence-corrected chi connectivity index (χ1v) is 12.9. The lowest BCUT2D eigenvalue weighted by Gasteiger charge is -2.24. The van der Waals surface area contributed by atoms with E-state index in [2.05, 4.69) is 4.99 Å². The molecular formula is C29H26N2O5S. The van der Waals surface area contributed by atoms with E-state index in [0.29, 0.717) is 38.5 Å². The molecule has 37 heavy (non-hydrogen) atoms. The molecule has 0 radical (unpaired) electrons. The van der Waals surface area contributed by atoms with Crippen LogP contribution in [-0.4, -0.2) is 28.9 Å². The van der Waals surface area contributed by atoms with Gasteiger partial charge in [-0.25, -0.2) is 9.79 Å². The van der Waals surface area contributed by atoms with E-state index in [1.807, 2.05) is 61.5 Å². The highest BCUT2D eigenvalue weighted by molar-refractivity contribution is 7.07. The van der Waals surface area contributed by atoms with Crippen LogP contribution in [0.3, 0.4) is 0 Å². The van der Waals surface area contributed by atoms with Crippen LogP contribution in [0.4, 0.5) is 0 Å². The second kappa shape index (κ2) is 10.1. The van der Waals surface area contributed by atoms with E-state index >= 15 is 0 Å². The van der Waals surface area contributed by atoms with Crippen LogP contribution in [0.1, 0.15) is 37.9 Å². The molecule has 2 heterocycles. The number of aromatic nitrogens is 1. The van der Waals surface area contributed by atoms with Gasteiger partial charge in [-0.05, 0) is 61.4 Å². The zero-order valence-corrected chi connectivity index (χ0v) is 21.5. The summed E-state index contributed by atoms with van der Waals surface area (Å²) in [7, 11) is 0. The monoisotopic (exact) mass is 514 g/mol. The van der Waals surface area contributed by atoms with E-state index < -0.39 is 12.0 Å². The molecule has 0 spiro atoms. The van der Waals surface area contributed by atoms with Gasteiger partial charge in [0.15, 0.2) is 4.80 Å². The summed E-state index contributed by atoms with van der Waals surface area (Å²) in [5, 5.41) is 12.4. The third kappa shape index (κ3) is 4.44. The van der Waals surface area contributed by atoms with Crippen molar-refractivity contribution < 1.29 is 19.4 Å². The number of allylic oxidation sites excluding steroid dienone is 1. The fourth-order valence-electron chi connectivity index (χ4n) is 4.59. The van der Waals surface area contributed by atoms with Crippen molar-refractivity contribution in [1.82, 2.24) is 4.57 Å². The van der Waals surface area contributed by atoms with Crippen molar-refractivity contribution in [1.29, 1.82) is 0 Å². The SMILES string of the molecule is CCOC(=O)C1=C(C)N=c2s/c(=C\c3c(O)ccc4ccccc34)c(=O)n2[C@H]1c1ccc(OCC)cc1. The Morgan fingerprint density at radius 3 is 2.57 bits per heavy atom. The molecule has 0 saturated heterocycles. The van der Waals surface area contributed by atoms with Crippen molar-refractivity contribution in [2.45, 2.75) is 26.8 Å².